The second-order valence-corrected chi connectivity index (χ2v) is 33.4. The molecule has 480 valence electrons. The average molecular weight is 1310 g/mol. The number of benzene rings is 3. The molecule has 4 aliphatic rings. The Balaban J connectivity index is 0.000000158. The third kappa shape index (κ3) is 18.7. The number of rotatable bonds is 14. The molecule has 2 saturated heterocycles. The summed E-state index contributed by atoms with van der Waals surface area (Å²) < 4.78 is 28.2. The third-order valence-electron chi connectivity index (χ3n) is 15.2. The maximum absolute atomic E-state index is 13.5. The first-order valence-corrected chi connectivity index (χ1v) is 37.2. The van der Waals surface area contributed by atoms with Gasteiger partial charge in [-0.15, -0.1) is 0 Å². The normalized spacial score (nSPS) is 14.8. The highest BCUT2D eigenvalue weighted by Crippen LogP contribution is 2.39. The molecule has 25 heteroatoms. The van der Waals surface area contributed by atoms with E-state index in [1.54, 1.807) is 69.1 Å². The van der Waals surface area contributed by atoms with Gasteiger partial charge in [0.2, 0.25) is 23.0 Å². The van der Waals surface area contributed by atoms with E-state index in [-0.39, 0.29) is 27.6 Å². The van der Waals surface area contributed by atoms with Crippen LogP contribution in [0.1, 0.15) is 64.9 Å². The molecule has 91 heavy (non-hydrogen) atoms. The van der Waals surface area contributed by atoms with Crippen LogP contribution in [0.15, 0.2) is 139 Å². The highest BCUT2D eigenvalue weighted by atomic mass is 35.6. The summed E-state index contributed by atoms with van der Waals surface area (Å²) in [5.74, 6) is 2.24. The lowest BCUT2D eigenvalue weighted by molar-refractivity contribution is -0.129. The number of aromatic amines is 1. The number of hydrogen-bond acceptors (Lipinski definition) is 17. The van der Waals surface area contributed by atoms with Gasteiger partial charge in [0.05, 0.1) is 15.7 Å². The van der Waals surface area contributed by atoms with Crippen LogP contribution in [0, 0.1) is 6.92 Å². The first-order valence-electron chi connectivity index (χ1n) is 30.8. The van der Waals surface area contributed by atoms with Gasteiger partial charge in [0, 0.05) is 156 Å². The Morgan fingerprint density at radius 3 is 1.62 bits per heavy atom. The largest absolute Gasteiger partial charge is 0.399 e. The minimum atomic E-state index is -3.89. The molecule has 13 rings (SSSR count). The third-order valence-corrected chi connectivity index (χ3v) is 17.1. The summed E-state index contributed by atoms with van der Waals surface area (Å²) in [7, 11) is -5.03. The number of pyridine rings is 2. The molecule has 0 unspecified atom stereocenters. The molecule has 4 fully saturated rings. The maximum atomic E-state index is 13.5. The van der Waals surface area contributed by atoms with Crippen molar-refractivity contribution >= 4 is 114 Å². The first kappa shape index (κ1) is 67.1. The Hall–Kier alpha value is -8.35. The molecule has 0 bridgehead atoms. The van der Waals surface area contributed by atoms with Gasteiger partial charge in [-0.2, -0.15) is 26.0 Å². The van der Waals surface area contributed by atoms with Crippen LogP contribution >= 0.6 is 22.7 Å². The smallest absolute Gasteiger partial charge is 0.269 e. The van der Waals surface area contributed by atoms with E-state index in [1.807, 2.05) is 83.6 Å². The lowest BCUT2D eigenvalue weighted by Gasteiger charge is -2.35. The van der Waals surface area contributed by atoms with E-state index in [9.17, 15) is 18.0 Å². The number of carbonyl (C=O) groups is 2. The van der Waals surface area contributed by atoms with Crippen LogP contribution in [0.5, 0.6) is 0 Å². The van der Waals surface area contributed by atoms with Crippen LogP contribution in [-0.4, -0.2) is 152 Å². The van der Waals surface area contributed by atoms with Crippen LogP contribution in [0.3, 0.4) is 0 Å². The molecule has 2 aliphatic carbocycles. The van der Waals surface area contributed by atoms with E-state index >= 15 is 0 Å². The van der Waals surface area contributed by atoms with Gasteiger partial charge in [0.1, 0.15) is 24.7 Å². The van der Waals surface area contributed by atoms with Gasteiger partial charge in [-0.25, -0.2) is 17.4 Å². The first-order chi connectivity index (χ1) is 43.6. The topological polar surface area (TPSA) is 262 Å². The van der Waals surface area contributed by atoms with Crippen molar-refractivity contribution in [1.29, 1.82) is 0 Å². The molecule has 21 nitrogen and oxygen atoms in total. The number of aromatic nitrogens is 8. The minimum absolute atomic E-state index is 0.00890. The van der Waals surface area contributed by atoms with Crippen molar-refractivity contribution in [2.45, 2.75) is 103 Å². The van der Waals surface area contributed by atoms with Crippen molar-refractivity contribution in [3.05, 3.63) is 145 Å². The molecule has 0 spiro atoms. The van der Waals surface area contributed by atoms with Crippen LogP contribution in [-0.2, 0) is 19.6 Å². The van der Waals surface area contributed by atoms with Crippen molar-refractivity contribution in [2.75, 3.05) is 90.4 Å². The molecule has 7 N–H and O–H groups in total. The zero-order valence-electron chi connectivity index (χ0n) is 52.7. The van der Waals surface area contributed by atoms with Crippen molar-refractivity contribution in [1.82, 2.24) is 48.7 Å². The summed E-state index contributed by atoms with van der Waals surface area (Å²) in [6.07, 6.45) is 16.9. The average Bonchev–Trinajstić information content (AvgIpc) is 1.62. The van der Waals surface area contributed by atoms with Crippen LogP contribution < -0.4 is 31.5 Å². The predicted octanol–water partition coefficient (Wildman–Crippen LogP) is 12.0. The number of H-pyrrole nitrogens is 1. The van der Waals surface area contributed by atoms with Gasteiger partial charge in [0.15, 0.2) is 5.65 Å². The quantitative estimate of drug-likeness (QED) is 0.0256. The molecule has 6 aromatic heterocycles. The number of nitrogens with one attached hydrogen (secondary N) is 4. The monoisotopic (exact) mass is 1310 g/mol. The molecule has 3 aromatic carbocycles. The summed E-state index contributed by atoms with van der Waals surface area (Å²) in [6.45, 7) is 20.4. The maximum Gasteiger partial charge on any atom is 0.269 e. The Morgan fingerprint density at radius 1 is 0.670 bits per heavy atom. The summed E-state index contributed by atoms with van der Waals surface area (Å²) in [5.41, 5.74) is 15.3. The second kappa shape index (κ2) is 30.6. The van der Waals surface area contributed by atoms with Gasteiger partial charge < -0.3 is 51.4 Å². The summed E-state index contributed by atoms with van der Waals surface area (Å²) in [5, 5.41) is 20.0. The Kier molecular flexibility index (Phi) is 22.6. The van der Waals surface area contributed by atoms with Crippen LogP contribution in [0.25, 0.3) is 44.3 Å². The fraction of sp³-hybridized carbons (Fsp3) is 0.364. The van der Waals surface area contributed by atoms with E-state index in [1.165, 1.54) is 9.66 Å². The summed E-state index contributed by atoms with van der Waals surface area (Å²) >= 11 is 11.9. The number of halogens is 2. The summed E-state index contributed by atoms with van der Waals surface area (Å²) in [6, 6.07) is 31.3. The van der Waals surface area contributed by atoms with Crippen LogP contribution in [0.4, 0.5) is 40.3 Å². The zero-order valence-corrected chi connectivity index (χ0v) is 56.0. The van der Waals surface area contributed by atoms with Gasteiger partial charge in [-0.1, -0.05) is 50.7 Å². The van der Waals surface area contributed by atoms with Crippen molar-refractivity contribution < 1.29 is 23.1 Å². The van der Waals surface area contributed by atoms with Crippen molar-refractivity contribution in [3.63, 3.8) is 0 Å². The standard InChI is InChI=1S/C26H28N8O.C21H18ClN5O2S.C12H17N3O.C4H10O.C3H9ClSi/c1-17(35)33-12-14-34(15-13-33)21-6-4-20(5-7-21)30-26-31-24-23(25(32-26)29-19-2-3-19)22(16-28-24)18-8-10-27-11-9-18;1-13-2-6-16(7-3-13)30(28,29)27-12-17(14-8-10-23-11-9-14)18-19(24-15-4-5-15)25-21(22)26-20(18)27;1-10(16)14-6-8-15(9-7-14)12-4-2-11(13)3-5-12;1-2-3-4-5;1-5(2,3)4/h4-11,16,19H,2-3,12-15H2,1H3,(H3,28,29,30,31,32);2-3,6-12,15H,4-5H2,1H3,(H,24,25,26);2-5H,6-9,13H2,1H3;5H,2-4H2,1H3;1-3H3. The zero-order chi connectivity index (χ0) is 64.8. The molecule has 0 atom stereocenters. The summed E-state index contributed by atoms with van der Waals surface area (Å²) in [4.78, 5) is 61.1. The SMILES string of the molecule is CC(=O)N1CCN(c2ccc(N)cc2)CC1.CC(=O)N1CCN(c2ccc(Nc3nc(NC4CC4)c4c(-c5ccncc5)c[nH]c4n3)cc2)CC1.CCCCO.C[Si](C)(C)Cl.Cc1ccc(S(=O)(=O)n2cc(-c3ccncc3)c3c(NC4CC4)nc(Cl)nc32)cc1. The van der Waals surface area contributed by atoms with E-state index in [2.05, 4.69) is 89.4 Å². The van der Waals surface area contributed by atoms with Crippen molar-refractivity contribution in [3.8, 4) is 22.3 Å². The van der Waals surface area contributed by atoms with E-state index in [0.29, 0.717) is 41.4 Å². The lowest BCUT2D eigenvalue weighted by atomic mass is 10.1. The van der Waals surface area contributed by atoms with E-state index < -0.39 is 17.4 Å². The molecular formula is C66H82Cl2N16O5SSi. The van der Waals surface area contributed by atoms with E-state index in [4.69, 9.17) is 43.5 Å². The highest BCUT2D eigenvalue weighted by Gasteiger charge is 2.30. The number of aliphatic hydroxyl groups excluding tert-OH is 1. The van der Waals surface area contributed by atoms with Gasteiger partial charge >= 0.3 is 0 Å². The van der Waals surface area contributed by atoms with Crippen LogP contribution in [0.2, 0.25) is 24.9 Å². The Labute approximate surface area is 543 Å². The number of fused-ring (bicyclic) bond motifs is 2. The minimum Gasteiger partial charge on any atom is -0.399 e. The highest BCUT2D eigenvalue weighted by molar-refractivity contribution is 7.90. The number of nitrogens with zero attached hydrogens (tertiary/aromatic N) is 11. The number of aliphatic hydroxyl groups is 1. The molecule has 0 radical (unpaired) electrons. The molecule has 8 heterocycles. The fourth-order valence-corrected chi connectivity index (χ4v) is 11.5. The number of unbranched alkanes of at least 4 members (excludes halogenated alkanes) is 1. The number of amides is 2. The van der Waals surface area contributed by atoms with Gasteiger partial charge in [-0.05, 0) is 147 Å². The number of hydrogen-bond donors (Lipinski definition) is 6. The second-order valence-electron chi connectivity index (χ2n) is 23.7. The number of anilines is 7. The number of aryl methyl sites for hydroxylation is 1. The Morgan fingerprint density at radius 2 is 1.15 bits per heavy atom. The van der Waals surface area contributed by atoms with Gasteiger partial charge in [0.25, 0.3) is 10.0 Å². The van der Waals surface area contributed by atoms with Gasteiger partial charge in [-0.3, -0.25) is 19.6 Å². The lowest BCUT2D eigenvalue weighted by Crippen LogP contribution is -2.48. The van der Waals surface area contributed by atoms with Crippen molar-refractivity contribution in [2.24, 2.45) is 0 Å². The molecular weight excluding hydrogens is 1230 g/mol. The van der Waals surface area contributed by atoms with E-state index in [0.717, 1.165) is 147 Å². The fourth-order valence-electron chi connectivity index (χ4n) is 10.0. The number of piperazine rings is 2. The molecule has 2 aliphatic heterocycles. The predicted molar refractivity (Wildman–Crippen MR) is 371 cm³/mol. The molecule has 2 amide bonds. The molecule has 2 saturated carbocycles. The number of carbonyl (C=O) groups excluding carboxylic acids is 2. The number of nitrogen functional groups attached to an aromatic ring is 1. The Bertz CT molecular complexity index is 3960. The number of nitrogens with two attached hydrogens (primary N) is 1. The molecule has 9 aromatic rings.